The van der Waals surface area contributed by atoms with Crippen molar-refractivity contribution >= 4 is 5.97 Å². The van der Waals surface area contributed by atoms with Crippen LogP contribution in [0.2, 0.25) is 0 Å². The Kier molecular flexibility index (Phi) is 6.72. The van der Waals surface area contributed by atoms with Gasteiger partial charge in [0.25, 0.3) is 0 Å². The van der Waals surface area contributed by atoms with Gasteiger partial charge in [0.05, 0.1) is 38.7 Å². The molecule has 0 fully saturated rings. The van der Waals surface area contributed by atoms with E-state index >= 15 is 0 Å². The molecule has 0 saturated carbocycles. The van der Waals surface area contributed by atoms with Crippen molar-refractivity contribution in [2.24, 2.45) is 0 Å². The Morgan fingerprint density at radius 3 is 2.45 bits per heavy atom. The molecule has 0 N–H and O–H groups in total. The van der Waals surface area contributed by atoms with Gasteiger partial charge in [0.15, 0.2) is 0 Å². The standard InChI is InChI=1S/C13H20N2O5/c1-9(16)20-7-5-6-11-10(8-17-2)12(18-3)15-13(14-11)19-4/h5-8H2,1-4H3. The molecule has 7 heteroatoms. The number of esters is 1. The molecule has 0 atom stereocenters. The SMILES string of the molecule is COCc1c(CCCOC(C)=O)nc(OC)nc1OC. The number of hydrogen-bond acceptors (Lipinski definition) is 7. The van der Waals surface area contributed by atoms with E-state index in [9.17, 15) is 4.79 Å². The Morgan fingerprint density at radius 1 is 1.15 bits per heavy atom. The third-order valence-electron chi connectivity index (χ3n) is 2.56. The molecule has 0 aliphatic carbocycles. The van der Waals surface area contributed by atoms with E-state index in [2.05, 4.69) is 9.97 Å². The minimum atomic E-state index is -0.292. The summed E-state index contributed by atoms with van der Waals surface area (Å²) in [4.78, 5) is 19.1. The maximum atomic E-state index is 10.7. The average molecular weight is 284 g/mol. The molecule has 0 radical (unpaired) electrons. The predicted molar refractivity (Wildman–Crippen MR) is 70.8 cm³/mol. The zero-order valence-electron chi connectivity index (χ0n) is 12.3. The topological polar surface area (TPSA) is 79.8 Å². The highest BCUT2D eigenvalue weighted by Gasteiger charge is 2.15. The van der Waals surface area contributed by atoms with Crippen molar-refractivity contribution < 1.29 is 23.7 Å². The molecule has 1 heterocycles. The number of hydrogen-bond donors (Lipinski definition) is 0. The van der Waals surface area contributed by atoms with Crippen LogP contribution in [0.15, 0.2) is 0 Å². The summed E-state index contributed by atoms with van der Waals surface area (Å²) in [7, 11) is 4.61. The minimum absolute atomic E-state index is 0.240. The summed E-state index contributed by atoms with van der Waals surface area (Å²) in [6.45, 7) is 2.07. The number of carbonyl (C=O) groups excluding carboxylic acids is 1. The number of rotatable bonds is 8. The van der Waals surface area contributed by atoms with Crippen molar-refractivity contribution in [1.29, 1.82) is 0 Å². The lowest BCUT2D eigenvalue weighted by Gasteiger charge is -2.13. The van der Waals surface area contributed by atoms with Crippen LogP contribution in [0.3, 0.4) is 0 Å². The molecule has 112 valence electrons. The number of ether oxygens (including phenoxy) is 4. The van der Waals surface area contributed by atoms with Crippen molar-refractivity contribution in [3.63, 3.8) is 0 Å². The first kappa shape index (κ1) is 16.2. The molecule has 0 spiro atoms. The molecule has 0 aliphatic rings. The molecule has 0 amide bonds. The predicted octanol–water partition coefficient (Wildman–Crippen LogP) is 1.14. The molecule has 0 unspecified atom stereocenters. The van der Waals surface area contributed by atoms with Crippen LogP contribution in [0.5, 0.6) is 11.9 Å². The zero-order valence-corrected chi connectivity index (χ0v) is 12.3. The van der Waals surface area contributed by atoms with Crippen molar-refractivity contribution in [3.8, 4) is 11.9 Å². The molecule has 20 heavy (non-hydrogen) atoms. The summed E-state index contributed by atoms with van der Waals surface area (Å²) in [5.41, 5.74) is 1.54. The Labute approximate surface area is 118 Å². The minimum Gasteiger partial charge on any atom is -0.481 e. The van der Waals surface area contributed by atoms with Crippen molar-refractivity contribution in [2.45, 2.75) is 26.4 Å². The third-order valence-corrected chi connectivity index (χ3v) is 2.56. The fourth-order valence-corrected chi connectivity index (χ4v) is 1.70. The van der Waals surface area contributed by atoms with Crippen LogP contribution in [0.4, 0.5) is 0 Å². The summed E-state index contributed by atoms with van der Waals surface area (Å²) < 4.78 is 20.3. The first-order valence-corrected chi connectivity index (χ1v) is 6.22. The Bertz CT molecular complexity index is 451. The van der Waals surface area contributed by atoms with Crippen LogP contribution in [0, 0.1) is 0 Å². The maximum Gasteiger partial charge on any atom is 0.319 e. The van der Waals surface area contributed by atoms with Crippen LogP contribution in [-0.2, 0) is 27.3 Å². The molecule has 0 aromatic carbocycles. The molecule has 1 aromatic heterocycles. The average Bonchev–Trinajstić information content (AvgIpc) is 2.44. The molecular formula is C13H20N2O5. The zero-order chi connectivity index (χ0) is 15.0. The molecule has 0 saturated heterocycles. The quantitative estimate of drug-likeness (QED) is 0.523. The van der Waals surface area contributed by atoms with E-state index in [1.807, 2.05) is 0 Å². The van der Waals surface area contributed by atoms with Gasteiger partial charge in [-0.2, -0.15) is 9.97 Å². The fraction of sp³-hybridized carbons (Fsp3) is 0.615. The highest BCUT2D eigenvalue weighted by molar-refractivity contribution is 5.65. The Balaban J connectivity index is 2.86. The maximum absolute atomic E-state index is 10.7. The number of methoxy groups -OCH3 is 3. The normalized spacial score (nSPS) is 10.2. The van der Waals surface area contributed by atoms with Gasteiger partial charge in [-0.25, -0.2) is 0 Å². The van der Waals surface area contributed by atoms with Gasteiger partial charge in [-0.1, -0.05) is 0 Å². The molecule has 0 aliphatic heterocycles. The van der Waals surface area contributed by atoms with Gasteiger partial charge in [0, 0.05) is 14.0 Å². The van der Waals surface area contributed by atoms with E-state index in [0.717, 1.165) is 11.3 Å². The van der Waals surface area contributed by atoms with Crippen LogP contribution >= 0.6 is 0 Å². The van der Waals surface area contributed by atoms with E-state index in [4.69, 9.17) is 18.9 Å². The molecule has 1 rings (SSSR count). The highest BCUT2D eigenvalue weighted by Crippen LogP contribution is 2.23. The van der Waals surface area contributed by atoms with E-state index in [1.165, 1.54) is 21.1 Å². The van der Waals surface area contributed by atoms with Crippen molar-refractivity contribution in [1.82, 2.24) is 9.97 Å². The second-order valence-electron chi connectivity index (χ2n) is 4.02. The largest absolute Gasteiger partial charge is 0.481 e. The van der Waals surface area contributed by atoms with E-state index in [0.29, 0.717) is 31.9 Å². The molecule has 0 bridgehead atoms. The lowest BCUT2D eigenvalue weighted by molar-refractivity contribution is -0.141. The number of nitrogens with zero attached hydrogens (tertiary/aromatic N) is 2. The highest BCUT2D eigenvalue weighted by atomic mass is 16.5. The van der Waals surface area contributed by atoms with Gasteiger partial charge in [-0.05, 0) is 12.8 Å². The summed E-state index contributed by atoms with van der Waals surface area (Å²) >= 11 is 0. The lowest BCUT2D eigenvalue weighted by atomic mass is 10.1. The van der Waals surface area contributed by atoms with Crippen molar-refractivity contribution in [3.05, 3.63) is 11.3 Å². The molecular weight excluding hydrogens is 264 g/mol. The van der Waals surface area contributed by atoms with E-state index in [-0.39, 0.29) is 12.0 Å². The van der Waals surface area contributed by atoms with Crippen LogP contribution in [-0.4, -0.2) is 43.9 Å². The second-order valence-corrected chi connectivity index (χ2v) is 4.02. The summed E-state index contributed by atoms with van der Waals surface area (Å²) in [6.07, 6.45) is 1.26. The van der Waals surface area contributed by atoms with E-state index in [1.54, 1.807) is 7.11 Å². The lowest BCUT2D eigenvalue weighted by Crippen LogP contribution is -2.09. The first-order valence-electron chi connectivity index (χ1n) is 6.22. The Morgan fingerprint density at radius 2 is 1.90 bits per heavy atom. The summed E-state index contributed by atoms with van der Waals surface area (Å²) in [6, 6.07) is 0.240. The second kappa shape index (κ2) is 8.31. The summed E-state index contributed by atoms with van der Waals surface area (Å²) in [5, 5.41) is 0. The number of aryl methyl sites for hydroxylation is 1. The molecule has 7 nitrogen and oxygen atoms in total. The van der Waals surface area contributed by atoms with Crippen molar-refractivity contribution in [2.75, 3.05) is 27.9 Å². The van der Waals surface area contributed by atoms with Gasteiger partial charge in [0.2, 0.25) is 5.88 Å². The van der Waals surface area contributed by atoms with Gasteiger partial charge in [0.1, 0.15) is 0 Å². The number of carbonyl (C=O) groups is 1. The van der Waals surface area contributed by atoms with Gasteiger partial charge in [-0.3, -0.25) is 4.79 Å². The van der Waals surface area contributed by atoms with Crippen LogP contribution in [0.25, 0.3) is 0 Å². The monoisotopic (exact) mass is 284 g/mol. The third kappa shape index (κ3) is 4.65. The van der Waals surface area contributed by atoms with Crippen LogP contribution in [0.1, 0.15) is 24.6 Å². The van der Waals surface area contributed by atoms with Crippen LogP contribution < -0.4 is 9.47 Å². The fourth-order valence-electron chi connectivity index (χ4n) is 1.70. The summed E-state index contributed by atoms with van der Waals surface area (Å²) in [5.74, 6) is 0.140. The molecule has 1 aromatic rings. The number of aromatic nitrogens is 2. The van der Waals surface area contributed by atoms with Gasteiger partial charge in [-0.15, -0.1) is 0 Å². The van der Waals surface area contributed by atoms with E-state index < -0.39 is 0 Å². The van der Waals surface area contributed by atoms with Gasteiger partial charge >= 0.3 is 12.0 Å². The smallest absolute Gasteiger partial charge is 0.319 e. The Hall–Kier alpha value is -1.89. The first-order chi connectivity index (χ1) is 9.62. The van der Waals surface area contributed by atoms with Gasteiger partial charge < -0.3 is 18.9 Å².